The highest BCUT2D eigenvalue weighted by Crippen LogP contribution is 2.28. The largest absolute Gasteiger partial charge is 0.291 e. The van der Waals surface area contributed by atoms with E-state index >= 15 is 0 Å². The van der Waals surface area contributed by atoms with Crippen LogP contribution in [0.4, 0.5) is 4.39 Å². The highest BCUT2D eigenvalue weighted by Gasteiger charge is 2.18. The van der Waals surface area contributed by atoms with Crippen LogP contribution < -0.4 is 0 Å². The second kappa shape index (κ2) is 7.34. The van der Waals surface area contributed by atoms with Crippen LogP contribution >= 0.6 is 11.3 Å². The van der Waals surface area contributed by atoms with Crippen LogP contribution in [0.1, 0.15) is 17.4 Å². The molecule has 3 rings (SSSR count). The number of sulfone groups is 1. The normalized spacial score (nSPS) is 11.5. The van der Waals surface area contributed by atoms with Gasteiger partial charge in [-0.2, -0.15) is 0 Å². The lowest BCUT2D eigenvalue weighted by atomic mass is 10.2. The molecule has 0 saturated heterocycles. The SMILES string of the molecule is CCS(=O)(=O)CC(=O)c1cccc(-c2nnc(-c3cncc(F)c3)s2)n1. The first-order valence-corrected chi connectivity index (χ1v) is 10.2. The van der Waals surface area contributed by atoms with Crippen molar-refractivity contribution in [3.63, 3.8) is 0 Å². The maximum Gasteiger partial charge on any atom is 0.196 e. The standard InChI is InChI=1S/C16H13FN4O3S2/c1-2-26(23,24)9-14(22)12-4-3-5-13(19-12)16-21-20-15(25-16)10-6-11(17)8-18-7-10/h3-8H,2,9H2,1H3. The van der Waals surface area contributed by atoms with Crippen molar-refractivity contribution in [2.45, 2.75) is 6.92 Å². The molecule has 26 heavy (non-hydrogen) atoms. The van der Waals surface area contributed by atoms with Gasteiger partial charge in [-0.3, -0.25) is 9.78 Å². The lowest BCUT2D eigenvalue weighted by Gasteiger charge is -2.02. The summed E-state index contributed by atoms with van der Waals surface area (Å²) in [5.74, 6) is -1.76. The highest BCUT2D eigenvalue weighted by molar-refractivity contribution is 7.92. The molecule has 3 aromatic rings. The Morgan fingerprint density at radius 3 is 2.69 bits per heavy atom. The molecule has 0 fully saturated rings. The van der Waals surface area contributed by atoms with Crippen molar-refractivity contribution in [3.05, 3.63) is 48.2 Å². The van der Waals surface area contributed by atoms with E-state index in [2.05, 4.69) is 20.2 Å². The first-order chi connectivity index (χ1) is 12.4. The fraction of sp³-hybridized carbons (Fsp3) is 0.188. The first kappa shape index (κ1) is 18.2. The van der Waals surface area contributed by atoms with Gasteiger partial charge in [0.05, 0.1) is 6.20 Å². The van der Waals surface area contributed by atoms with E-state index < -0.39 is 27.2 Å². The van der Waals surface area contributed by atoms with Gasteiger partial charge in [-0.1, -0.05) is 24.3 Å². The molecule has 0 spiro atoms. The molecule has 0 aromatic carbocycles. The van der Waals surface area contributed by atoms with Crippen LogP contribution in [0.15, 0.2) is 36.7 Å². The Balaban J connectivity index is 1.88. The van der Waals surface area contributed by atoms with Crippen LogP contribution in [0.2, 0.25) is 0 Å². The summed E-state index contributed by atoms with van der Waals surface area (Å²) in [7, 11) is -3.44. The van der Waals surface area contributed by atoms with Gasteiger partial charge in [0.2, 0.25) is 0 Å². The third-order valence-electron chi connectivity index (χ3n) is 3.42. The smallest absolute Gasteiger partial charge is 0.196 e. The van der Waals surface area contributed by atoms with E-state index in [0.717, 1.165) is 17.5 Å². The van der Waals surface area contributed by atoms with Crippen LogP contribution in [-0.4, -0.2) is 45.9 Å². The van der Waals surface area contributed by atoms with Crippen LogP contribution in [0.5, 0.6) is 0 Å². The zero-order valence-corrected chi connectivity index (χ0v) is 15.2. The summed E-state index contributed by atoms with van der Waals surface area (Å²) < 4.78 is 36.5. The van der Waals surface area contributed by atoms with Crippen molar-refractivity contribution in [2.75, 3.05) is 11.5 Å². The van der Waals surface area contributed by atoms with Crippen LogP contribution in [0.25, 0.3) is 21.3 Å². The van der Waals surface area contributed by atoms with Crippen molar-refractivity contribution in [1.29, 1.82) is 0 Å². The van der Waals surface area contributed by atoms with Crippen molar-refractivity contribution in [1.82, 2.24) is 20.2 Å². The highest BCUT2D eigenvalue weighted by atomic mass is 32.2. The lowest BCUT2D eigenvalue weighted by molar-refractivity contribution is 0.101. The summed E-state index contributed by atoms with van der Waals surface area (Å²) in [6, 6.07) is 5.98. The maximum atomic E-state index is 13.3. The topological polar surface area (TPSA) is 103 Å². The van der Waals surface area contributed by atoms with Crippen LogP contribution in [-0.2, 0) is 9.84 Å². The van der Waals surface area contributed by atoms with Crippen molar-refractivity contribution < 1.29 is 17.6 Å². The van der Waals surface area contributed by atoms with Gasteiger partial charge >= 0.3 is 0 Å². The summed E-state index contributed by atoms with van der Waals surface area (Å²) in [6.07, 6.45) is 2.56. The van der Waals surface area contributed by atoms with Crippen molar-refractivity contribution in [2.24, 2.45) is 0 Å². The van der Waals surface area contributed by atoms with E-state index in [0.29, 0.717) is 21.3 Å². The quantitative estimate of drug-likeness (QED) is 0.594. The molecule has 7 nitrogen and oxygen atoms in total. The van der Waals surface area contributed by atoms with Gasteiger partial charge in [-0.05, 0) is 18.2 Å². The van der Waals surface area contributed by atoms with E-state index in [4.69, 9.17) is 0 Å². The average molecular weight is 392 g/mol. The number of halogens is 1. The maximum absolute atomic E-state index is 13.3. The number of Topliss-reactive ketones (excluding diaryl/α,β-unsaturated/α-hetero) is 1. The summed E-state index contributed by atoms with van der Waals surface area (Å²) in [5, 5.41) is 8.89. The second-order valence-corrected chi connectivity index (χ2v) is 8.64. The minimum absolute atomic E-state index is 0.0451. The summed E-state index contributed by atoms with van der Waals surface area (Å²) in [6.45, 7) is 1.48. The molecule has 0 radical (unpaired) electrons. The number of aromatic nitrogens is 4. The third kappa shape index (κ3) is 4.14. The molecule has 0 unspecified atom stereocenters. The summed E-state index contributed by atoms with van der Waals surface area (Å²) in [5.41, 5.74) is 0.913. The molecule has 134 valence electrons. The van der Waals surface area contributed by atoms with Crippen LogP contribution in [0.3, 0.4) is 0 Å². The molecule has 0 bridgehead atoms. The molecule has 0 N–H and O–H groups in total. The molecular weight excluding hydrogens is 379 g/mol. The molecule has 10 heteroatoms. The number of pyridine rings is 2. The number of hydrogen-bond acceptors (Lipinski definition) is 8. The monoisotopic (exact) mass is 392 g/mol. The molecule has 0 saturated carbocycles. The Morgan fingerprint density at radius 2 is 1.96 bits per heavy atom. The van der Waals surface area contributed by atoms with Crippen molar-refractivity contribution in [3.8, 4) is 21.3 Å². The van der Waals surface area contributed by atoms with E-state index in [1.165, 1.54) is 25.3 Å². The minimum Gasteiger partial charge on any atom is -0.291 e. The number of nitrogens with zero attached hydrogens (tertiary/aromatic N) is 4. The molecule has 0 amide bonds. The van der Waals surface area contributed by atoms with Crippen LogP contribution in [0, 0.1) is 5.82 Å². The van der Waals surface area contributed by atoms with E-state index in [9.17, 15) is 17.6 Å². The second-order valence-electron chi connectivity index (χ2n) is 5.31. The third-order valence-corrected chi connectivity index (χ3v) is 6.00. The molecular formula is C16H13FN4O3S2. The lowest BCUT2D eigenvalue weighted by Crippen LogP contribution is -2.18. The Kier molecular flexibility index (Phi) is 5.14. The number of rotatable bonds is 6. The number of carbonyl (C=O) groups is 1. The Labute approximate surface area is 152 Å². The molecule has 0 atom stereocenters. The zero-order chi connectivity index (χ0) is 18.7. The van der Waals surface area contributed by atoms with Gasteiger partial charge in [0.15, 0.2) is 20.6 Å². The van der Waals surface area contributed by atoms with Gasteiger partial charge in [-0.15, -0.1) is 10.2 Å². The molecule has 0 aliphatic rings. The number of carbonyl (C=O) groups excluding carboxylic acids is 1. The number of ketones is 1. The Bertz CT molecular complexity index is 1070. The van der Waals surface area contributed by atoms with E-state index in [-0.39, 0.29) is 11.4 Å². The average Bonchev–Trinajstić information content (AvgIpc) is 3.12. The van der Waals surface area contributed by atoms with Gasteiger partial charge in [0, 0.05) is 17.5 Å². The van der Waals surface area contributed by atoms with E-state index in [1.807, 2.05) is 0 Å². The molecule has 0 aliphatic heterocycles. The Hall–Kier alpha value is -2.59. The summed E-state index contributed by atoms with van der Waals surface area (Å²) >= 11 is 1.16. The molecule has 0 aliphatic carbocycles. The predicted molar refractivity (Wildman–Crippen MR) is 95.0 cm³/mol. The fourth-order valence-corrected chi connectivity index (χ4v) is 3.60. The molecule has 3 aromatic heterocycles. The van der Waals surface area contributed by atoms with Gasteiger partial charge < -0.3 is 0 Å². The minimum atomic E-state index is -3.44. The van der Waals surface area contributed by atoms with Gasteiger partial charge in [-0.25, -0.2) is 17.8 Å². The van der Waals surface area contributed by atoms with Gasteiger partial charge in [0.1, 0.15) is 28.0 Å². The summed E-state index contributed by atoms with van der Waals surface area (Å²) in [4.78, 5) is 20.1. The molecule has 3 heterocycles. The zero-order valence-electron chi connectivity index (χ0n) is 13.6. The Morgan fingerprint density at radius 1 is 1.19 bits per heavy atom. The fourth-order valence-electron chi connectivity index (χ4n) is 2.06. The van der Waals surface area contributed by atoms with Crippen molar-refractivity contribution >= 4 is 27.0 Å². The number of hydrogen-bond donors (Lipinski definition) is 0. The predicted octanol–water partition coefficient (Wildman–Crippen LogP) is 2.42. The first-order valence-electron chi connectivity index (χ1n) is 7.53. The van der Waals surface area contributed by atoms with E-state index in [1.54, 1.807) is 12.1 Å². The van der Waals surface area contributed by atoms with Gasteiger partial charge in [0.25, 0.3) is 0 Å².